The van der Waals surface area contributed by atoms with Gasteiger partial charge in [-0.1, -0.05) is 185 Å². The second-order valence-electron chi connectivity index (χ2n) is 14.1. The van der Waals surface area contributed by atoms with Crippen molar-refractivity contribution in [3.05, 3.63) is 179 Å². The van der Waals surface area contributed by atoms with E-state index in [0.717, 1.165) is 40.7 Å². The van der Waals surface area contributed by atoms with Crippen LogP contribution >= 0.6 is 12.2 Å². The molecule has 2 aliphatic rings. The minimum Gasteiger partial charge on any atom is -0.236 e. The first-order valence-corrected chi connectivity index (χ1v) is 18.0. The van der Waals surface area contributed by atoms with Crippen LogP contribution in [0.25, 0.3) is 0 Å². The monoisotopic (exact) mass is 683 g/mol. The summed E-state index contributed by atoms with van der Waals surface area (Å²) in [7, 11) is 0. The first kappa shape index (κ1) is 34.0. The minimum absolute atomic E-state index is 0.0124. The molecule has 2 atom stereocenters. The summed E-state index contributed by atoms with van der Waals surface area (Å²) in [5, 5.41) is 0. The van der Waals surface area contributed by atoms with Gasteiger partial charge in [0, 0.05) is 44.4 Å². The minimum atomic E-state index is -0.0124. The van der Waals surface area contributed by atoms with Crippen molar-refractivity contribution in [2.75, 3.05) is 0 Å². The van der Waals surface area contributed by atoms with E-state index in [4.69, 9.17) is 37.2 Å². The maximum atomic E-state index is 5.83. The van der Waals surface area contributed by atoms with Crippen LogP contribution in [-0.4, -0.2) is 34.0 Å². The zero-order valence-corrected chi connectivity index (χ0v) is 30.1. The maximum Gasteiger partial charge on any atom is 0.164 e. The molecule has 5 aromatic carbocycles. The van der Waals surface area contributed by atoms with Crippen molar-refractivity contribution in [1.82, 2.24) is 0 Å². The van der Waals surface area contributed by atoms with Gasteiger partial charge in [-0.05, 0) is 25.2 Å². The lowest BCUT2D eigenvalue weighted by molar-refractivity contribution is 0.333. The number of fused-ring (bicyclic) bond motifs is 2. The van der Waals surface area contributed by atoms with Gasteiger partial charge in [-0.2, -0.15) is 0 Å². The van der Waals surface area contributed by atoms with Crippen molar-refractivity contribution in [2.45, 2.75) is 40.0 Å². The van der Waals surface area contributed by atoms with E-state index >= 15 is 0 Å². The highest BCUT2D eigenvalue weighted by atomic mass is 32.1. The molecule has 5 nitrogen and oxygen atoms in total. The average molecular weight is 684 g/mol. The lowest BCUT2D eigenvalue weighted by Crippen LogP contribution is -2.36. The molecule has 2 bridgehead atoms. The van der Waals surface area contributed by atoms with Gasteiger partial charge >= 0.3 is 0 Å². The van der Waals surface area contributed by atoms with Crippen molar-refractivity contribution >= 4 is 46.3 Å². The maximum absolute atomic E-state index is 5.83. The number of benzene rings is 5. The molecule has 252 valence electrons. The van der Waals surface area contributed by atoms with Gasteiger partial charge < -0.3 is 0 Å². The van der Waals surface area contributed by atoms with Crippen molar-refractivity contribution in [3.8, 4) is 0 Å². The van der Waals surface area contributed by atoms with Crippen molar-refractivity contribution in [2.24, 2.45) is 41.7 Å². The fourth-order valence-corrected chi connectivity index (χ4v) is 7.66. The number of aliphatic imine (C=N–C) groups is 5. The summed E-state index contributed by atoms with van der Waals surface area (Å²) < 4.78 is 0. The predicted octanol–water partition coefficient (Wildman–Crippen LogP) is 10.4. The molecule has 0 amide bonds. The van der Waals surface area contributed by atoms with Crippen molar-refractivity contribution in [3.63, 3.8) is 0 Å². The summed E-state index contributed by atoms with van der Waals surface area (Å²) in [6.07, 6.45) is 3.56. The average Bonchev–Trinajstić information content (AvgIpc) is 3.67. The van der Waals surface area contributed by atoms with Crippen LogP contribution in [-0.2, 0) is 0 Å². The summed E-state index contributed by atoms with van der Waals surface area (Å²) in [4.78, 5) is 26.7. The Morgan fingerprint density at radius 3 is 1.24 bits per heavy atom. The Balaban J connectivity index is 1.45. The summed E-state index contributed by atoms with van der Waals surface area (Å²) in [6, 6.07) is 50.0. The fourth-order valence-electron chi connectivity index (χ4n) is 7.44. The summed E-state index contributed by atoms with van der Waals surface area (Å²) in [6.45, 7) is 7.07. The highest BCUT2D eigenvalue weighted by Gasteiger charge is 2.57. The summed E-state index contributed by atoms with van der Waals surface area (Å²) in [5.74, 6) is 2.69. The van der Waals surface area contributed by atoms with Gasteiger partial charge in [-0.3, -0.25) is 0 Å². The second-order valence-corrected chi connectivity index (χ2v) is 14.4. The van der Waals surface area contributed by atoms with Crippen molar-refractivity contribution in [1.29, 1.82) is 0 Å². The Kier molecular flexibility index (Phi) is 9.87. The number of amidine groups is 4. The first-order chi connectivity index (χ1) is 24.8. The topological polar surface area (TPSA) is 61.8 Å². The molecule has 0 radical (unpaired) electrons. The van der Waals surface area contributed by atoms with E-state index in [1.165, 1.54) is 12.1 Å². The summed E-state index contributed by atoms with van der Waals surface area (Å²) in [5.41, 5.74) is 5.56. The third kappa shape index (κ3) is 7.52. The molecule has 51 heavy (non-hydrogen) atoms. The van der Waals surface area contributed by atoms with E-state index in [-0.39, 0.29) is 10.8 Å². The second kappa shape index (κ2) is 14.8. The molecule has 0 heterocycles. The molecule has 0 aliphatic heterocycles. The Labute approximate surface area is 306 Å². The fraction of sp³-hybridized carbons (Fsp3) is 0.200. The van der Waals surface area contributed by atoms with Crippen LogP contribution in [0.3, 0.4) is 0 Å². The standard InChI is InChI=1S/C45H41N5S/c1-44(2)37-29-30-45(3,31-37)43(44)50-41(35-25-15-7-16-26-35)48-39(33-21-11-5-12-22-33)46-38(32-19-9-4-10-20-32)47-40(34-23-13-6-14-24-34)49-42(51)36-27-17-8-18-28-36/h4-28,37H,29-31H2,1-3H3/t37-,45+/m0/s1. The molecule has 2 aliphatic carbocycles. The zero-order valence-electron chi connectivity index (χ0n) is 29.3. The molecule has 0 unspecified atom stereocenters. The van der Waals surface area contributed by atoms with E-state index in [1.54, 1.807) is 0 Å². The van der Waals surface area contributed by atoms with Gasteiger partial charge in [0.25, 0.3) is 0 Å². The third-order valence-electron chi connectivity index (χ3n) is 10.2. The quantitative estimate of drug-likeness (QED) is 0.103. The van der Waals surface area contributed by atoms with Crippen molar-refractivity contribution < 1.29 is 0 Å². The Hall–Kier alpha value is -5.46. The van der Waals surface area contributed by atoms with E-state index in [9.17, 15) is 0 Å². The number of thiocarbonyl (C=S) groups is 1. The van der Waals surface area contributed by atoms with Gasteiger partial charge in [-0.25, -0.2) is 25.0 Å². The SMILES string of the molecule is CC1(C)C(=NC(=NC(=NC(=NC(=NC(=S)c2ccccc2)c2ccccc2)c2ccccc2)c2ccccc2)c2ccccc2)[C@]2(C)CC[C@H]1C2. The van der Waals surface area contributed by atoms with E-state index in [2.05, 4.69) is 32.9 Å². The van der Waals surface area contributed by atoms with Crippen LogP contribution in [0.2, 0.25) is 0 Å². The van der Waals surface area contributed by atoms with Crippen LogP contribution in [0.1, 0.15) is 67.9 Å². The number of rotatable bonds is 5. The smallest absolute Gasteiger partial charge is 0.164 e. The van der Waals surface area contributed by atoms with Gasteiger partial charge in [0.1, 0.15) is 4.99 Å². The molecule has 0 spiro atoms. The largest absolute Gasteiger partial charge is 0.236 e. The van der Waals surface area contributed by atoms with Crippen LogP contribution in [0, 0.1) is 16.7 Å². The van der Waals surface area contributed by atoms with Crippen LogP contribution in [0.15, 0.2) is 177 Å². The molecule has 0 saturated heterocycles. The zero-order chi connectivity index (χ0) is 35.3. The Morgan fingerprint density at radius 1 is 0.490 bits per heavy atom. The lowest BCUT2D eigenvalue weighted by Gasteiger charge is -2.35. The normalized spacial score (nSPS) is 21.2. The Bertz CT molecular complexity index is 2150. The Morgan fingerprint density at radius 2 is 0.843 bits per heavy atom. The number of hydrogen-bond acceptors (Lipinski definition) is 1. The number of nitrogens with zero attached hydrogens (tertiary/aromatic N) is 5. The molecule has 0 N–H and O–H groups in total. The number of hydrogen-bond donors (Lipinski definition) is 0. The van der Waals surface area contributed by atoms with Crippen LogP contribution < -0.4 is 0 Å². The first-order valence-electron chi connectivity index (χ1n) is 17.6. The van der Waals surface area contributed by atoms with E-state index < -0.39 is 0 Å². The summed E-state index contributed by atoms with van der Waals surface area (Å²) >= 11 is 5.83. The molecule has 0 aromatic heterocycles. The molecular formula is C45H41N5S. The molecular weight excluding hydrogens is 643 g/mol. The molecule has 5 aromatic rings. The highest BCUT2D eigenvalue weighted by Crippen LogP contribution is 2.60. The molecule has 7 rings (SSSR count). The molecule has 2 saturated carbocycles. The van der Waals surface area contributed by atoms with E-state index in [1.807, 2.05) is 140 Å². The van der Waals surface area contributed by atoms with Crippen LogP contribution in [0.5, 0.6) is 0 Å². The third-order valence-corrected chi connectivity index (χ3v) is 10.5. The molecule has 2 fully saturated rings. The molecule has 6 heteroatoms. The van der Waals surface area contributed by atoms with Gasteiger partial charge in [-0.15, -0.1) is 0 Å². The van der Waals surface area contributed by atoms with Gasteiger partial charge in [0.2, 0.25) is 0 Å². The van der Waals surface area contributed by atoms with Gasteiger partial charge in [0.15, 0.2) is 23.3 Å². The van der Waals surface area contributed by atoms with Crippen LogP contribution in [0.4, 0.5) is 0 Å². The lowest BCUT2D eigenvalue weighted by atomic mass is 9.71. The highest BCUT2D eigenvalue weighted by molar-refractivity contribution is 7.80. The van der Waals surface area contributed by atoms with Gasteiger partial charge in [0.05, 0.1) is 0 Å². The predicted molar refractivity (Wildman–Crippen MR) is 217 cm³/mol. The van der Waals surface area contributed by atoms with E-state index in [0.29, 0.717) is 34.2 Å².